The fourth-order valence-electron chi connectivity index (χ4n) is 1.98. The number of nitrogens with one attached hydrogen (secondary N) is 1. The minimum absolute atomic E-state index is 0.0167. The van der Waals surface area contributed by atoms with Crippen LogP contribution in [0.5, 0.6) is 0 Å². The molecule has 1 aliphatic carbocycles. The Labute approximate surface area is 93.9 Å². The molecule has 2 N–H and O–H groups in total. The van der Waals surface area contributed by atoms with Crippen LogP contribution in [0.1, 0.15) is 39.0 Å². The van der Waals surface area contributed by atoms with Crippen LogP contribution in [0, 0.1) is 0 Å². The van der Waals surface area contributed by atoms with Gasteiger partial charge in [0.05, 0.1) is 6.61 Å². The van der Waals surface area contributed by atoms with Gasteiger partial charge in [-0.05, 0) is 52.7 Å². The van der Waals surface area contributed by atoms with Crippen molar-refractivity contribution in [2.24, 2.45) is 0 Å². The van der Waals surface area contributed by atoms with E-state index in [2.05, 4.69) is 31.2 Å². The molecule has 0 spiro atoms. The summed E-state index contributed by atoms with van der Waals surface area (Å²) in [6.45, 7) is 3.54. The van der Waals surface area contributed by atoms with E-state index in [0.717, 1.165) is 25.8 Å². The van der Waals surface area contributed by atoms with Crippen LogP contribution in [-0.2, 0) is 0 Å². The lowest BCUT2D eigenvalue weighted by molar-refractivity contribution is 0.139. The molecule has 1 aliphatic rings. The van der Waals surface area contributed by atoms with Crippen molar-refractivity contribution in [3.63, 3.8) is 0 Å². The maximum Gasteiger partial charge on any atom is 0.0613 e. The summed E-state index contributed by atoms with van der Waals surface area (Å²) in [6.07, 6.45) is 5.83. The van der Waals surface area contributed by atoms with Gasteiger partial charge in [-0.2, -0.15) is 0 Å². The Morgan fingerprint density at radius 2 is 2.07 bits per heavy atom. The molecule has 1 fully saturated rings. The normalized spacial score (nSPS) is 20.6. The van der Waals surface area contributed by atoms with Crippen LogP contribution >= 0.6 is 0 Å². The van der Waals surface area contributed by atoms with Crippen molar-refractivity contribution in [1.82, 2.24) is 10.2 Å². The van der Waals surface area contributed by atoms with Crippen LogP contribution in [0.4, 0.5) is 0 Å². The van der Waals surface area contributed by atoms with Crippen LogP contribution in [-0.4, -0.2) is 48.8 Å². The zero-order valence-electron chi connectivity index (χ0n) is 10.4. The number of hydrogen-bond acceptors (Lipinski definition) is 3. The standard InChI is InChI=1S/C12H26N2O/c1-4-12(10-15,13-11-6-7-11)8-5-9-14(2)3/h11,13,15H,4-10H2,1-3H3. The molecule has 0 amide bonds. The van der Waals surface area contributed by atoms with E-state index in [1.807, 2.05) is 0 Å². The van der Waals surface area contributed by atoms with E-state index in [0.29, 0.717) is 6.04 Å². The van der Waals surface area contributed by atoms with Crippen molar-refractivity contribution < 1.29 is 5.11 Å². The van der Waals surface area contributed by atoms with Gasteiger partial charge in [-0.15, -0.1) is 0 Å². The molecule has 90 valence electrons. The Kier molecular flexibility index (Phi) is 5.03. The lowest BCUT2D eigenvalue weighted by atomic mass is 9.91. The van der Waals surface area contributed by atoms with Gasteiger partial charge in [-0.25, -0.2) is 0 Å². The second-order valence-electron chi connectivity index (χ2n) is 5.12. The molecule has 0 saturated heterocycles. The number of aliphatic hydroxyl groups is 1. The predicted molar refractivity (Wildman–Crippen MR) is 64.1 cm³/mol. The highest BCUT2D eigenvalue weighted by molar-refractivity contribution is 4.94. The topological polar surface area (TPSA) is 35.5 Å². The van der Waals surface area contributed by atoms with Gasteiger partial charge >= 0.3 is 0 Å². The van der Waals surface area contributed by atoms with Gasteiger partial charge in [0.2, 0.25) is 0 Å². The molecule has 1 saturated carbocycles. The van der Waals surface area contributed by atoms with E-state index >= 15 is 0 Å². The summed E-state index contributed by atoms with van der Waals surface area (Å²) in [7, 11) is 4.20. The third-order valence-corrected chi connectivity index (χ3v) is 3.33. The molecule has 0 aliphatic heterocycles. The summed E-state index contributed by atoms with van der Waals surface area (Å²) in [5, 5.41) is 13.2. The third kappa shape index (κ3) is 4.49. The Bertz CT molecular complexity index is 174. The fourth-order valence-corrected chi connectivity index (χ4v) is 1.98. The largest absolute Gasteiger partial charge is 0.394 e. The zero-order valence-corrected chi connectivity index (χ0v) is 10.4. The average Bonchev–Trinajstić information content (AvgIpc) is 2.99. The molecule has 0 aromatic carbocycles. The maximum atomic E-state index is 9.54. The van der Waals surface area contributed by atoms with Crippen LogP contribution in [0.3, 0.4) is 0 Å². The summed E-state index contributed by atoms with van der Waals surface area (Å²) in [4.78, 5) is 2.20. The molecule has 3 heteroatoms. The van der Waals surface area contributed by atoms with Gasteiger partial charge in [0.1, 0.15) is 0 Å². The maximum absolute atomic E-state index is 9.54. The first-order valence-electron chi connectivity index (χ1n) is 6.15. The quantitative estimate of drug-likeness (QED) is 0.638. The minimum Gasteiger partial charge on any atom is -0.394 e. The van der Waals surface area contributed by atoms with E-state index in [-0.39, 0.29) is 12.1 Å². The number of rotatable bonds is 8. The molecule has 0 aromatic heterocycles. The molecule has 1 unspecified atom stereocenters. The Balaban J connectivity index is 2.32. The lowest BCUT2D eigenvalue weighted by Crippen LogP contribution is -2.49. The Hall–Kier alpha value is -0.120. The van der Waals surface area contributed by atoms with Crippen LogP contribution in [0.15, 0.2) is 0 Å². The molecule has 3 nitrogen and oxygen atoms in total. The number of nitrogens with zero attached hydrogens (tertiary/aromatic N) is 1. The van der Waals surface area contributed by atoms with Gasteiger partial charge in [0, 0.05) is 11.6 Å². The van der Waals surface area contributed by atoms with Crippen molar-refractivity contribution in [2.45, 2.75) is 50.6 Å². The van der Waals surface area contributed by atoms with E-state index in [1.54, 1.807) is 0 Å². The van der Waals surface area contributed by atoms with E-state index in [1.165, 1.54) is 12.8 Å². The van der Waals surface area contributed by atoms with Gasteiger partial charge in [0.15, 0.2) is 0 Å². The Morgan fingerprint density at radius 1 is 1.40 bits per heavy atom. The first-order valence-corrected chi connectivity index (χ1v) is 6.15. The minimum atomic E-state index is -0.0167. The van der Waals surface area contributed by atoms with Gasteiger partial charge in [-0.3, -0.25) is 0 Å². The molecule has 1 rings (SSSR count). The van der Waals surface area contributed by atoms with E-state index < -0.39 is 0 Å². The number of aliphatic hydroxyl groups excluding tert-OH is 1. The summed E-state index contributed by atoms with van der Waals surface area (Å²) in [5.74, 6) is 0. The first kappa shape index (κ1) is 12.9. The lowest BCUT2D eigenvalue weighted by Gasteiger charge is -2.33. The second kappa shape index (κ2) is 5.83. The molecule has 0 bridgehead atoms. The fraction of sp³-hybridized carbons (Fsp3) is 1.00. The van der Waals surface area contributed by atoms with Crippen molar-refractivity contribution in [1.29, 1.82) is 0 Å². The van der Waals surface area contributed by atoms with Crippen molar-refractivity contribution in [3.05, 3.63) is 0 Å². The molecule has 0 aromatic rings. The Morgan fingerprint density at radius 3 is 2.47 bits per heavy atom. The summed E-state index contributed by atoms with van der Waals surface area (Å²) in [5.41, 5.74) is -0.0167. The van der Waals surface area contributed by atoms with Crippen molar-refractivity contribution >= 4 is 0 Å². The second-order valence-corrected chi connectivity index (χ2v) is 5.12. The van der Waals surface area contributed by atoms with Crippen LogP contribution in [0.25, 0.3) is 0 Å². The van der Waals surface area contributed by atoms with Gasteiger partial charge in [-0.1, -0.05) is 6.92 Å². The van der Waals surface area contributed by atoms with Crippen molar-refractivity contribution in [2.75, 3.05) is 27.2 Å². The molecule has 0 radical (unpaired) electrons. The third-order valence-electron chi connectivity index (χ3n) is 3.33. The van der Waals surface area contributed by atoms with Gasteiger partial charge < -0.3 is 15.3 Å². The molecule has 0 heterocycles. The highest BCUT2D eigenvalue weighted by atomic mass is 16.3. The summed E-state index contributed by atoms with van der Waals surface area (Å²) >= 11 is 0. The molecule has 1 atom stereocenters. The van der Waals surface area contributed by atoms with Crippen LogP contribution in [0.2, 0.25) is 0 Å². The highest BCUT2D eigenvalue weighted by Gasteiger charge is 2.33. The van der Waals surface area contributed by atoms with Crippen LogP contribution < -0.4 is 5.32 Å². The smallest absolute Gasteiger partial charge is 0.0613 e. The number of hydrogen-bond donors (Lipinski definition) is 2. The average molecular weight is 214 g/mol. The zero-order chi connectivity index (χ0) is 11.3. The summed E-state index contributed by atoms with van der Waals surface area (Å²) < 4.78 is 0. The monoisotopic (exact) mass is 214 g/mol. The molecular weight excluding hydrogens is 188 g/mol. The van der Waals surface area contributed by atoms with Gasteiger partial charge in [0.25, 0.3) is 0 Å². The van der Waals surface area contributed by atoms with E-state index in [4.69, 9.17) is 0 Å². The highest BCUT2D eigenvalue weighted by Crippen LogP contribution is 2.26. The molecule has 15 heavy (non-hydrogen) atoms. The predicted octanol–water partition coefficient (Wildman–Crippen LogP) is 1.22. The SMILES string of the molecule is CCC(CO)(CCCN(C)C)NC1CC1. The molecular formula is C12H26N2O. The van der Waals surface area contributed by atoms with Crippen molar-refractivity contribution in [3.8, 4) is 0 Å². The van der Waals surface area contributed by atoms with E-state index in [9.17, 15) is 5.11 Å². The first-order chi connectivity index (χ1) is 7.12. The summed E-state index contributed by atoms with van der Waals surface area (Å²) in [6, 6.07) is 0.677.